The van der Waals surface area contributed by atoms with Crippen molar-refractivity contribution >= 4 is 5.91 Å². The Kier molecular flexibility index (Phi) is 3.99. The van der Waals surface area contributed by atoms with Gasteiger partial charge in [-0.2, -0.15) is 0 Å². The lowest BCUT2D eigenvalue weighted by Crippen LogP contribution is -2.43. The summed E-state index contributed by atoms with van der Waals surface area (Å²) in [6.07, 6.45) is 8.22. The Balaban J connectivity index is 1.67. The van der Waals surface area contributed by atoms with Gasteiger partial charge >= 0.3 is 0 Å². The average Bonchev–Trinajstić information content (AvgIpc) is 2.88. The van der Waals surface area contributed by atoms with Gasteiger partial charge in [0.25, 0.3) is 0 Å². The Bertz CT molecular complexity index is 286. The van der Waals surface area contributed by atoms with Crippen molar-refractivity contribution in [1.29, 1.82) is 0 Å². The van der Waals surface area contributed by atoms with Crippen LogP contribution in [0.4, 0.5) is 0 Å². The van der Waals surface area contributed by atoms with Crippen molar-refractivity contribution in [3.05, 3.63) is 11.6 Å². The summed E-state index contributed by atoms with van der Waals surface area (Å²) in [6.45, 7) is 3.92. The van der Waals surface area contributed by atoms with Crippen LogP contribution in [0.25, 0.3) is 0 Å². The molecule has 3 nitrogen and oxygen atoms in total. The minimum absolute atomic E-state index is 0.0394. The summed E-state index contributed by atoms with van der Waals surface area (Å²) >= 11 is 0. The Labute approximate surface area is 97.7 Å². The molecule has 2 atom stereocenters. The van der Waals surface area contributed by atoms with Crippen LogP contribution in [0, 0.1) is 5.92 Å². The second-order valence-corrected chi connectivity index (χ2v) is 4.99. The number of amides is 1. The Morgan fingerprint density at radius 2 is 2.50 bits per heavy atom. The highest BCUT2D eigenvalue weighted by Gasteiger charge is 2.28. The first kappa shape index (κ1) is 11.6. The van der Waals surface area contributed by atoms with Crippen molar-refractivity contribution in [3.63, 3.8) is 0 Å². The SMILES string of the molecule is CC1CCNC1C(=O)NCCC1=CCCC1. The molecule has 2 N–H and O–H groups in total. The second-order valence-electron chi connectivity index (χ2n) is 4.99. The molecule has 2 aliphatic rings. The standard InChI is InChI=1S/C13H22N2O/c1-10-6-8-14-12(10)13(16)15-9-7-11-4-2-3-5-11/h4,10,12,14H,2-3,5-9H2,1H3,(H,15,16). The summed E-state index contributed by atoms with van der Waals surface area (Å²) in [4.78, 5) is 11.8. The van der Waals surface area contributed by atoms with E-state index in [1.165, 1.54) is 24.8 Å². The molecule has 1 saturated heterocycles. The molecule has 1 aliphatic carbocycles. The number of nitrogens with one attached hydrogen (secondary N) is 2. The molecule has 0 radical (unpaired) electrons. The normalized spacial score (nSPS) is 29.2. The fourth-order valence-electron chi connectivity index (χ4n) is 2.61. The Morgan fingerprint density at radius 1 is 1.62 bits per heavy atom. The lowest BCUT2D eigenvalue weighted by Gasteiger charge is -2.15. The van der Waals surface area contributed by atoms with Gasteiger partial charge in [0, 0.05) is 6.54 Å². The molecule has 3 heteroatoms. The number of carbonyl (C=O) groups is 1. The first-order valence-electron chi connectivity index (χ1n) is 6.46. The summed E-state index contributed by atoms with van der Waals surface area (Å²) in [7, 11) is 0. The highest BCUT2D eigenvalue weighted by molar-refractivity contribution is 5.82. The van der Waals surface area contributed by atoms with Crippen molar-refractivity contribution < 1.29 is 4.79 Å². The van der Waals surface area contributed by atoms with E-state index in [4.69, 9.17) is 0 Å². The van der Waals surface area contributed by atoms with Crippen LogP contribution < -0.4 is 10.6 Å². The van der Waals surface area contributed by atoms with Crippen molar-refractivity contribution in [2.24, 2.45) is 5.92 Å². The molecule has 1 heterocycles. The van der Waals surface area contributed by atoms with E-state index in [-0.39, 0.29) is 11.9 Å². The topological polar surface area (TPSA) is 41.1 Å². The molecule has 2 unspecified atom stereocenters. The van der Waals surface area contributed by atoms with E-state index in [2.05, 4.69) is 23.6 Å². The van der Waals surface area contributed by atoms with E-state index in [0.29, 0.717) is 5.92 Å². The quantitative estimate of drug-likeness (QED) is 0.709. The molecule has 1 amide bonds. The smallest absolute Gasteiger partial charge is 0.237 e. The third-order valence-corrected chi connectivity index (χ3v) is 3.70. The van der Waals surface area contributed by atoms with Crippen LogP contribution in [0.3, 0.4) is 0 Å². The van der Waals surface area contributed by atoms with E-state index < -0.39 is 0 Å². The predicted octanol–water partition coefficient (Wildman–Crippen LogP) is 1.60. The molecule has 0 bridgehead atoms. The Morgan fingerprint density at radius 3 is 3.12 bits per heavy atom. The van der Waals surface area contributed by atoms with Crippen molar-refractivity contribution in [2.45, 2.75) is 45.1 Å². The average molecular weight is 222 g/mol. The van der Waals surface area contributed by atoms with Gasteiger partial charge in [-0.15, -0.1) is 0 Å². The van der Waals surface area contributed by atoms with Crippen molar-refractivity contribution in [3.8, 4) is 0 Å². The minimum Gasteiger partial charge on any atom is -0.354 e. The number of rotatable bonds is 4. The molecule has 1 fully saturated rings. The molecule has 0 aromatic carbocycles. The highest BCUT2D eigenvalue weighted by atomic mass is 16.2. The van der Waals surface area contributed by atoms with E-state index in [0.717, 1.165) is 25.9 Å². The highest BCUT2D eigenvalue weighted by Crippen LogP contribution is 2.20. The van der Waals surface area contributed by atoms with Gasteiger partial charge < -0.3 is 10.6 Å². The summed E-state index contributed by atoms with van der Waals surface area (Å²) < 4.78 is 0. The second kappa shape index (κ2) is 5.48. The fraction of sp³-hybridized carbons (Fsp3) is 0.769. The van der Waals surface area contributed by atoms with E-state index in [1.54, 1.807) is 0 Å². The first-order valence-corrected chi connectivity index (χ1v) is 6.46. The van der Waals surface area contributed by atoms with Gasteiger partial charge in [-0.25, -0.2) is 0 Å². The van der Waals surface area contributed by atoms with Gasteiger partial charge in [0.15, 0.2) is 0 Å². The van der Waals surface area contributed by atoms with Gasteiger partial charge in [0.05, 0.1) is 6.04 Å². The molecular formula is C13H22N2O. The van der Waals surface area contributed by atoms with E-state index in [1.807, 2.05) is 0 Å². The van der Waals surface area contributed by atoms with Gasteiger partial charge in [0.1, 0.15) is 0 Å². The van der Waals surface area contributed by atoms with E-state index in [9.17, 15) is 4.79 Å². The van der Waals surface area contributed by atoms with Crippen LogP contribution in [-0.4, -0.2) is 25.0 Å². The van der Waals surface area contributed by atoms with Gasteiger partial charge in [-0.1, -0.05) is 18.6 Å². The largest absolute Gasteiger partial charge is 0.354 e. The summed E-state index contributed by atoms with van der Waals surface area (Å²) in [5, 5.41) is 6.30. The van der Waals surface area contributed by atoms with Crippen LogP contribution >= 0.6 is 0 Å². The molecule has 1 aliphatic heterocycles. The lowest BCUT2D eigenvalue weighted by atomic mass is 10.0. The molecule has 0 aromatic rings. The van der Waals surface area contributed by atoms with Crippen molar-refractivity contribution in [2.75, 3.05) is 13.1 Å². The number of carbonyl (C=O) groups excluding carboxylic acids is 1. The molecular weight excluding hydrogens is 200 g/mol. The monoisotopic (exact) mass is 222 g/mol. The molecule has 2 rings (SSSR count). The summed E-state index contributed by atoms with van der Waals surface area (Å²) in [5.41, 5.74) is 1.52. The maximum absolute atomic E-state index is 11.8. The van der Waals surface area contributed by atoms with Gasteiger partial charge in [0.2, 0.25) is 5.91 Å². The predicted molar refractivity (Wildman–Crippen MR) is 65.1 cm³/mol. The van der Waals surface area contributed by atoms with Crippen LogP contribution in [-0.2, 0) is 4.79 Å². The molecule has 0 spiro atoms. The number of hydrogen-bond acceptors (Lipinski definition) is 2. The molecule has 16 heavy (non-hydrogen) atoms. The third kappa shape index (κ3) is 2.85. The first-order chi connectivity index (χ1) is 7.77. The zero-order chi connectivity index (χ0) is 11.4. The van der Waals surface area contributed by atoms with Crippen LogP contribution in [0.1, 0.15) is 39.0 Å². The number of hydrogen-bond donors (Lipinski definition) is 2. The third-order valence-electron chi connectivity index (χ3n) is 3.70. The van der Waals surface area contributed by atoms with Gasteiger partial charge in [-0.3, -0.25) is 4.79 Å². The van der Waals surface area contributed by atoms with Crippen molar-refractivity contribution in [1.82, 2.24) is 10.6 Å². The zero-order valence-corrected chi connectivity index (χ0v) is 10.1. The Hall–Kier alpha value is -0.830. The molecule has 90 valence electrons. The summed E-state index contributed by atoms with van der Waals surface area (Å²) in [6, 6.07) is 0.0394. The number of allylic oxidation sites excluding steroid dienone is 1. The molecule has 0 aromatic heterocycles. The maximum Gasteiger partial charge on any atom is 0.237 e. The van der Waals surface area contributed by atoms with Crippen LogP contribution in [0.15, 0.2) is 11.6 Å². The lowest BCUT2D eigenvalue weighted by molar-refractivity contribution is -0.123. The van der Waals surface area contributed by atoms with E-state index >= 15 is 0 Å². The maximum atomic E-state index is 11.8. The zero-order valence-electron chi connectivity index (χ0n) is 10.1. The van der Waals surface area contributed by atoms with Crippen LogP contribution in [0.5, 0.6) is 0 Å². The fourth-order valence-corrected chi connectivity index (χ4v) is 2.61. The van der Waals surface area contributed by atoms with Gasteiger partial charge in [-0.05, 0) is 44.6 Å². The molecule has 0 saturated carbocycles. The van der Waals surface area contributed by atoms with Crippen LogP contribution in [0.2, 0.25) is 0 Å². The summed E-state index contributed by atoms with van der Waals surface area (Å²) in [5.74, 6) is 0.661. The minimum atomic E-state index is 0.0394.